The summed E-state index contributed by atoms with van der Waals surface area (Å²) in [5, 5.41) is 26.1. The number of hydrazine groups is 1. The molecule has 0 radical (unpaired) electrons. The number of nitrogens with two attached hydrogens (primary N) is 4. The lowest BCUT2D eigenvalue weighted by Crippen LogP contribution is -2.60. The molecule has 12 nitrogen and oxygen atoms in total. The highest BCUT2D eigenvalue weighted by Crippen LogP contribution is 2.20. The third-order valence-electron chi connectivity index (χ3n) is 5.93. The van der Waals surface area contributed by atoms with Crippen LogP contribution in [-0.2, 0) is 0 Å². The summed E-state index contributed by atoms with van der Waals surface area (Å²) in [6.07, 6.45) is 13.9. The molecule has 12 heteroatoms. The second kappa shape index (κ2) is 12.6. The Labute approximate surface area is 200 Å². The van der Waals surface area contributed by atoms with Crippen molar-refractivity contribution >= 4 is 11.9 Å². The minimum atomic E-state index is -1.22. The molecule has 1 saturated carbocycles. The van der Waals surface area contributed by atoms with E-state index in [1.54, 1.807) is 18.6 Å². The Hall–Kier alpha value is -2.74. The lowest BCUT2D eigenvalue weighted by molar-refractivity contribution is 0.240. The molecule has 5 atom stereocenters. The van der Waals surface area contributed by atoms with Gasteiger partial charge in [-0.2, -0.15) is 5.10 Å². The number of allylic oxidation sites excluding steroid dienone is 2. The molecule has 1 heterocycles. The first-order valence-corrected chi connectivity index (χ1v) is 11.7. The Morgan fingerprint density at radius 3 is 2.88 bits per heavy atom. The van der Waals surface area contributed by atoms with E-state index in [-0.39, 0.29) is 18.1 Å². The van der Waals surface area contributed by atoms with Crippen molar-refractivity contribution in [3.63, 3.8) is 0 Å². The number of hydrogen-bond acceptors (Lipinski definition) is 12. The SMILES string of the molecule is C/C=C\N(N)C1=CC(NC2NC(NC3CCCCC3N)=CN=C2C(N)O)CC(N/N=C\CN)=C1. The van der Waals surface area contributed by atoms with E-state index in [2.05, 4.69) is 31.5 Å². The molecule has 3 aliphatic rings. The van der Waals surface area contributed by atoms with Crippen molar-refractivity contribution in [3.8, 4) is 0 Å². The summed E-state index contributed by atoms with van der Waals surface area (Å²) in [6, 6.07) is 0.0939. The van der Waals surface area contributed by atoms with Gasteiger partial charge in [0.25, 0.3) is 0 Å². The Bertz CT molecular complexity index is 861. The molecule has 1 fully saturated rings. The number of hydrogen-bond donors (Lipinski definition) is 9. The van der Waals surface area contributed by atoms with Gasteiger partial charge in [0.05, 0.1) is 17.6 Å². The van der Waals surface area contributed by atoms with Crippen LogP contribution in [0.2, 0.25) is 0 Å². The molecule has 34 heavy (non-hydrogen) atoms. The molecule has 1 aliphatic heterocycles. The Morgan fingerprint density at radius 2 is 2.18 bits per heavy atom. The molecule has 0 aromatic heterocycles. The smallest absolute Gasteiger partial charge is 0.145 e. The van der Waals surface area contributed by atoms with Gasteiger partial charge >= 0.3 is 0 Å². The van der Waals surface area contributed by atoms with Crippen LogP contribution in [-0.4, -0.2) is 59.1 Å². The van der Waals surface area contributed by atoms with Gasteiger partial charge in [-0.05, 0) is 31.9 Å². The van der Waals surface area contributed by atoms with E-state index >= 15 is 0 Å². The molecule has 0 saturated heterocycles. The maximum Gasteiger partial charge on any atom is 0.145 e. The lowest BCUT2D eigenvalue weighted by atomic mass is 9.91. The van der Waals surface area contributed by atoms with Crippen LogP contribution in [0.25, 0.3) is 0 Å². The summed E-state index contributed by atoms with van der Waals surface area (Å²) in [4.78, 5) is 4.43. The average molecular weight is 474 g/mol. The second-order valence-electron chi connectivity index (χ2n) is 8.61. The van der Waals surface area contributed by atoms with Crippen molar-refractivity contribution in [2.24, 2.45) is 33.1 Å². The number of rotatable bonds is 10. The van der Waals surface area contributed by atoms with Crippen molar-refractivity contribution in [3.05, 3.63) is 47.8 Å². The van der Waals surface area contributed by atoms with E-state index in [4.69, 9.17) is 23.0 Å². The van der Waals surface area contributed by atoms with Crippen molar-refractivity contribution in [1.29, 1.82) is 0 Å². The van der Waals surface area contributed by atoms with Crippen LogP contribution in [0.3, 0.4) is 0 Å². The van der Waals surface area contributed by atoms with Gasteiger partial charge < -0.3 is 32.9 Å². The monoisotopic (exact) mass is 473 g/mol. The second-order valence-corrected chi connectivity index (χ2v) is 8.61. The van der Waals surface area contributed by atoms with E-state index in [0.29, 0.717) is 18.7 Å². The molecule has 0 spiro atoms. The fourth-order valence-corrected chi connectivity index (χ4v) is 4.25. The van der Waals surface area contributed by atoms with Crippen LogP contribution in [0.15, 0.2) is 57.9 Å². The minimum absolute atomic E-state index is 0.0900. The number of nitrogens with zero attached hydrogens (tertiary/aromatic N) is 3. The third-order valence-corrected chi connectivity index (χ3v) is 5.93. The van der Waals surface area contributed by atoms with Crippen molar-refractivity contribution in [2.75, 3.05) is 6.54 Å². The zero-order chi connectivity index (χ0) is 24.5. The number of aliphatic imine (C=N–C) groups is 1. The fourth-order valence-electron chi connectivity index (χ4n) is 4.25. The first-order valence-electron chi connectivity index (χ1n) is 11.7. The van der Waals surface area contributed by atoms with E-state index in [1.165, 1.54) is 5.01 Å². The summed E-state index contributed by atoms with van der Waals surface area (Å²) in [5.74, 6) is 6.91. The van der Waals surface area contributed by atoms with Crippen LogP contribution in [0, 0.1) is 0 Å². The molecule has 3 rings (SSSR count). The number of hydrazone groups is 1. The van der Waals surface area contributed by atoms with E-state index in [0.717, 1.165) is 42.9 Å². The van der Waals surface area contributed by atoms with Crippen LogP contribution in [0.4, 0.5) is 0 Å². The third kappa shape index (κ3) is 7.13. The quantitative estimate of drug-likeness (QED) is 0.0791. The van der Waals surface area contributed by atoms with Gasteiger partial charge in [0, 0.05) is 49.2 Å². The molecule has 0 bridgehead atoms. The molecule has 0 aromatic carbocycles. The van der Waals surface area contributed by atoms with Crippen molar-refractivity contribution < 1.29 is 5.11 Å². The van der Waals surface area contributed by atoms with Gasteiger partial charge in [0.2, 0.25) is 0 Å². The molecule has 0 amide bonds. The summed E-state index contributed by atoms with van der Waals surface area (Å²) in [6.45, 7) is 2.23. The maximum atomic E-state index is 10.1. The summed E-state index contributed by atoms with van der Waals surface area (Å²) < 4.78 is 0. The van der Waals surface area contributed by atoms with Gasteiger partial charge in [-0.1, -0.05) is 18.9 Å². The number of aliphatic hydroxyl groups is 1. The van der Waals surface area contributed by atoms with Gasteiger partial charge in [0.15, 0.2) is 0 Å². The van der Waals surface area contributed by atoms with E-state index in [9.17, 15) is 5.11 Å². The molecular formula is C22H39N11O. The van der Waals surface area contributed by atoms with Gasteiger partial charge in [-0.15, -0.1) is 0 Å². The molecule has 2 aliphatic carbocycles. The topological polar surface area (TPSA) is 200 Å². The molecule has 0 aromatic rings. The average Bonchev–Trinajstić information content (AvgIpc) is 2.81. The number of nitrogens with one attached hydrogen (secondary N) is 4. The Kier molecular flexibility index (Phi) is 9.62. The summed E-state index contributed by atoms with van der Waals surface area (Å²) in [7, 11) is 0. The summed E-state index contributed by atoms with van der Waals surface area (Å²) >= 11 is 0. The maximum absolute atomic E-state index is 10.1. The highest BCUT2D eigenvalue weighted by molar-refractivity contribution is 5.94. The van der Waals surface area contributed by atoms with Crippen molar-refractivity contribution in [1.82, 2.24) is 26.4 Å². The molecular weight excluding hydrogens is 434 g/mol. The van der Waals surface area contributed by atoms with Crippen LogP contribution >= 0.6 is 0 Å². The Morgan fingerprint density at radius 1 is 1.38 bits per heavy atom. The van der Waals surface area contributed by atoms with Crippen LogP contribution in [0.5, 0.6) is 0 Å². The zero-order valence-corrected chi connectivity index (χ0v) is 19.7. The zero-order valence-electron chi connectivity index (χ0n) is 19.7. The van der Waals surface area contributed by atoms with Gasteiger partial charge in [-0.3, -0.25) is 20.7 Å². The normalized spacial score (nSPS) is 28.5. The van der Waals surface area contributed by atoms with E-state index in [1.807, 2.05) is 25.2 Å². The van der Waals surface area contributed by atoms with Crippen LogP contribution < -0.4 is 44.4 Å². The number of aliphatic hydroxyl groups excluding tert-OH is 1. The molecule has 188 valence electrons. The van der Waals surface area contributed by atoms with E-state index < -0.39 is 12.4 Å². The molecule has 13 N–H and O–H groups in total. The summed E-state index contributed by atoms with van der Waals surface area (Å²) in [5.41, 5.74) is 22.6. The van der Waals surface area contributed by atoms with Crippen molar-refractivity contribution in [2.45, 2.75) is 69.5 Å². The Balaban J connectivity index is 1.75. The lowest BCUT2D eigenvalue weighted by Gasteiger charge is -2.36. The highest BCUT2D eigenvalue weighted by atomic mass is 16.3. The first-order chi connectivity index (χ1) is 16.4. The van der Waals surface area contributed by atoms with Gasteiger partial charge in [0.1, 0.15) is 18.2 Å². The first kappa shape index (κ1) is 25.9. The predicted molar refractivity (Wildman–Crippen MR) is 135 cm³/mol. The fraction of sp³-hybridized carbons (Fsp3) is 0.545. The highest BCUT2D eigenvalue weighted by Gasteiger charge is 2.30. The molecule has 5 unspecified atom stereocenters. The van der Waals surface area contributed by atoms with Crippen LogP contribution in [0.1, 0.15) is 39.0 Å². The standard InChI is InChI=1S/C22H39N11O/c1-2-9-33(26)16-11-14(10-15(12-16)32-28-8-7-23)29-22-20(21(25)34)27-13-19(31-22)30-18-6-4-3-5-17(18)24/h2,8-9,11-14,17-18,21-22,29-32,34H,3-7,10,23-26H2,1H3/b9-2-,28-8-. The predicted octanol–water partition coefficient (Wildman–Crippen LogP) is -1.33. The van der Waals surface area contributed by atoms with Gasteiger partial charge in [-0.25, -0.2) is 5.84 Å². The minimum Gasteiger partial charge on any atom is -0.373 e. The largest absolute Gasteiger partial charge is 0.373 e.